The van der Waals surface area contributed by atoms with Crippen LogP contribution in [0.3, 0.4) is 0 Å². The molecule has 7 nitrogen and oxygen atoms in total. The van der Waals surface area contributed by atoms with Crippen molar-refractivity contribution in [3.8, 4) is 0 Å². The van der Waals surface area contributed by atoms with Gasteiger partial charge in [0.05, 0.1) is 17.8 Å². The van der Waals surface area contributed by atoms with Crippen LogP contribution in [-0.2, 0) is 11.8 Å². The molecule has 0 bridgehead atoms. The summed E-state index contributed by atoms with van der Waals surface area (Å²) in [5.74, 6) is -2.06. The van der Waals surface area contributed by atoms with Crippen LogP contribution < -0.4 is 10.6 Å². The van der Waals surface area contributed by atoms with Gasteiger partial charge in [-0.2, -0.15) is 0 Å². The maximum Gasteiger partial charge on any atom is 0.294 e. The summed E-state index contributed by atoms with van der Waals surface area (Å²) >= 11 is 0. The molecular formula is C23H25FN4O3. The lowest BCUT2D eigenvalue weighted by atomic mass is 9.70. The SMILES string of the molecule is [C-]#[N+]c1cc(NC(=O)c2c(C)c(C(=O)C(=O)NC3(C)CC(C)C3)n(C)c2C)ccc1F. The van der Waals surface area contributed by atoms with Crippen molar-refractivity contribution in [3.05, 3.63) is 57.9 Å². The minimum Gasteiger partial charge on any atom is -0.344 e. The minimum atomic E-state index is -0.694. The molecule has 2 aromatic rings. The van der Waals surface area contributed by atoms with Gasteiger partial charge in [-0.3, -0.25) is 14.4 Å². The molecule has 0 aliphatic heterocycles. The van der Waals surface area contributed by atoms with Gasteiger partial charge in [0, 0.05) is 24.0 Å². The van der Waals surface area contributed by atoms with Crippen LogP contribution in [0.1, 0.15) is 58.8 Å². The van der Waals surface area contributed by atoms with Gasteiger partial charge in [0.1, 0.15) is 5.82 Å². The van der Waals surface area contributed by atoms with Gasteiger partial charge in [-0.05, 0) is 63.3 Å². The molecule has 1 fully saturated rings. The number of anilines is 1. The number of rotatable bonds is 5. The van der Waals surface area contributed by atoms with E-state index in [-0.39, 0.29) is 28.2 Å². The average molecular weight is 424 g/mol. The molecule has 0 spiro atoms. The number of carbonyl (C=O) groups is 3. The molecule has 162 valence electrons. The molecule has 1 heterocycles. The molecule has 8 heteroatoms. The van der Waals surface area contributed by atoms with Crippen molar-refractivity contribution in [3.63, 3.8) is 0 Å². The summed E-state index contributed by atoms with van der Waals surface area (Å²) in [6.45, 7) is 14.3. The second kappa shape index (κ2) is 7.99. The third kappa shape index (κ3) is 4.08. The van der Waals surface area contributed by atoms with Crippen LogP contribution in [0.5, 0.6) is 0 Å². The minimum absolute atomic E-state index is 0.150. The standard InChI is InChI=1S/C23H25FN4O3/c1-12-10-23(4,11-12)27-22(31)20(29)19-13(2)18(14(3)28(19)6)21(30)26-15-7-8-16(24)17(9-15)25-5/h7-9,12H,10-11H2,1-4,6H3,(H,26,30)(H,27,31). The van der Waals surface area contributed by atoms with Gasteiger partial charge in [0.15, 0.2) is 0 Å². The van der Waals surface area contributed by atoms with E-state index >= 15 is 0 Å². The number of halogens is 1. The highest BCUT2D eigenvalue weighted by Crippen LogP contribution is 2.37. The van der Waals surface area contributed by atoms with Gasteiger partial charge in [0.25, 0.3) is 17.6 Å². The Morgan fingerprint density at radius 1 is 1.26 bits per heavy atom. The Kier molecular flexibility index (Phi) is 5.72. The molecule has 1 aliphatic rings. The number of nitrogens with one attached hydrogen (secondary N) is 2. The van der Waals surface area contributed by atoms with Crippen LogP contribution in [0.25, 0.3) is 4.85 Å². The summed E-state index contributed by atoms with van der Waals surface area (Å²) in [5, 5.41) is 5.46. The number of amides is 2. The molecule has 2 amide bonds. The van der Waals surface area contributed by atoms with E-state index in [0.29, 0.717) is 17.2 Å². The maximum atomic E-state index is 13.5. The number of aromatic nitrogens is 1. The molecule has 0 saturated heterocycles. The number of hydrogen-bond donors (Lipinski definition) is 2. The summed E-state index contributed by atoms with van der Waals surface area (Å²) in [5.41, 5.74) is 0.986. The summed E-state index contributed by atoms with van der Waals surface area (Å²) < 4.78 is 15.1. The summed E-state index contributed by atoms with van der Waals surface area (Å²) in [6.07, 6.45) is 1.63. The van der Waals surface area contributed by atoms with Crippen molar-refractivity contribution >= 4 is 29.0 Å². The third-order valence-electron chi connectivity index (χ3n) is 5.92. The van der Waals surface area contributed by atoms with Crippen molar-refractivity contribution in [2.45, 2.75) is 46.1 Å². The first kappa shape index (κ1) is 22.2. The number of benzene rings is 1. The lowest BCUT2D eigenvalue weighted by molar-refractivity contribution is -0.120. The Morgan fingerprint density at radius 3 is 2.48 bits per heavy atom. The van der Waals surface area contributed by atoms with Crippen molar-refractivity contribution in [2.75, 3.05) is 5.32 Å². The van der Waals surface area contributed by atoms with E-state index in [1.54, 1.807) is 20.9 Å². The first-order valence-electron chi connectivity index (χ1n) is 9.98. The van der Waals surface area contributed by atoms with E-state index < -0.39 is 23.4 Å². The zero-order valence-electron chi connectivity index (χ0n) is 18.2. The quantitative estimate of drug-likeness (QED) is 0.431. The number of hydrogen-bond acceptors (Lipinski definition) is 3. The van der Waals surface area contributed by atoms with Crippen molar-refractivity contribution in [1.29, 1.82) is 0 Å². The Bertz CT molecular complexity index is 1140. The fourth-order valence-corrected chi connectivity index (χ4v) is 4.52. The topological polar surface area (TPSA) is 84.6 Å². The Morgan fingerprint density at radius 2 is 1.90 bits per heavy atom. The van der Waals surface area contributed by atoms with Crippen LogP contribution in [-0.4, -0.2) is 27.7 Å². The van der Waals surface area contributed by atoms with Crippen LogP contribution in [0, 0.1) is 32.2 Å². The maximum absolute atomic E-state index is 13.5. The van der Waals surface area contributed by atoms with Crippen molar-refractivity contribution in [1.82, 2.24) is 9.88 Å². The van der Waals surface area contributed by atoms with Crippen molar-refractivity contribution < 1.29 is 18.8 Å². The zero-order valence-corrected chi connectivity index (χ0v) is 18.2. The predicted octanol–water partition coefficient (Wildman–Crippen LogP) is 4.07. The number of nitrogens with zero attached hydrogens (tertiary/aromatic N) is 2. The molecule has 3 rings (SSSR count). The summed E-state index contributed by atoms with van der Waals surface area (Å²) in [6, 6.07) is 3.71. The monoisotopic (exact) mass is 424 g/mol. The van der Waals surface area contributed by atoms with Gasteiger partial charge < -0.3 is 15.2 Å². The van der Waals surface area contributed by atoms with Gasteiger partial charge in [-0.25, -0.2) is 9.24 Å². The molecule has 0 unspecified atom stereocenters. The van der Waals surface area contributed by atoms with Crippen LogP contribution in [0.2, 0.25) is 0 Å². The molecule has 1 aliphatic carbocycles. The Balaban J connectivity index is 1.86. The Labute approximate surface area is 180 Å². The highest BCUT2D eigenvalue weighted by Gasteiger charge is 2.40. The second-order valence-electron chi connectivity index (χ2n) is 8.58. The van der Waals surface area contributed by atoms with E-state index in [2.05, 4.69) is 22.4 Å². The van der Waals surface area contributed by atoms with Crippen LogP contribution in [0.4, 0.5) is 15.8 Å². The largest absolute Gasteiger partial charge is 0.344 e. The highest BCUT2D eigenvalue weighted by molar-refractivity contribution is 6.43. The predicted molar refractivity (Wildman–Crippen MR) is 115 cm³/mol. The van der Waals surface area contributed by atoms with Gasteiger partial charge in [-0.15, -0.1) is 0 Å². The fraction of sp³-hybridized carbons (Fsp3) is 0.391. The fourth-order valence-electron chi connectivity index (χ4n) is 4.52. The Hall–Kier alpha value is -3.47. The van der Waals surface area contributed by atoms with Gasteiger partial charge in [0.2, 0.25) is 5.69 Å². The van der Waals surface area contributed by atoms with Crippen LogP contribution >= 0.6 is 0 Å². The average Bonchev–Trinajstić information content (AvgIpc) is 2.90. The molecule has 31 heavy (non-hydrogen) atoms. The zero-order chi connectivity index (χ0) is 23.1. The molecule has 0 radical (unpaired) electrons. The van der Waals surface area contributed by atoms with E-state index in [1.807, 2.05) is 6.92 Å². The number of ketones is 1. The lowest BCUT2D eigenvalue weighted by Crippen LogP contribution is -2.56. The van der Waals surface area contributed by atoms with Gasteiger partial charge in [-0.1, -0.05) is 6.92 Å². The number of carbonyl (C=O) groups excluding carboxylic acids is 3. The molecule has 1 saturated carbocycles. The van der Waals surface area contributed by atoms with Crippen LogP contribution in [0.15, 0.2) is 18.2 Å². The van der Waals surface area contributed by atoms with E-state index in [0.717, 1.165) is 18.9 Å². The van der Waals surface area contributed by atoms with E-state index in [1.165, 1.54) is 16.7 Å². The molecule has 0 atom stereocenters. The van der Waals surface area contributed by atoms with E-state index in [9.17, 15) is 18.8 Å². The molecule has 1 aromatic carbocycles. The molecule has 1 aromatic heterocycles. The second-order valence-corrected chi connectivity index (χ2v) is 8.58. The molecule has 2 N–H and O–H groups in total. The number of Topliss-reactive ketones (excluding diaryl/α,β-unsaturated/α-hetero) is 1. The van der Waals surface area contributed by atoms with Crippen molar-refractivity contribution in [2.24, 2.45) is 13.0 Å². The first-order chi connectivity index (χ1) is 14.5. The summed E-state index contributed by atoms with van der Waals surface area (Å²) in [4.78, 5) is 41.5. The first-order valence-corrected chi connectivity index (χ1v) is 9.98. The normalized spacial score (nSPS) is 19.8. The third-order valence-corrected chi connectivity index (χ3v) is 5.92. The lowest BCUT2D eigenvalue weighted by Gasteiger charge is -2.44. The smallest absolute Gasteiger partial charge is 0.294 e. The molecular weight excluding hydrogens is 399 g/mol. The van der Waals surface area contributed by atoms with E-state index in [4.69, 9.17) is 6.57 Å². The summed E-state index contributed by atoms with van der Waals surface area (Å²) in [7, 11) is 1.63. The van der Waals surface area contributed by atoms with Gasteiger partial charge >= 0.3 is 0 Å². The highest BCUT2D eigenvalue weighted by atomic mass is 19.1.